The molecule has 1 saturated carbocycles. The highest BCUT2D eigenvalue weighted by atomic mass is 16.5. The van der Waals surface area contributed by atoms with Crippen molar-refractivity contribution in [1.82, 2.24) is 5.32 Å². The van der Waals surface area contributed by atoms with Crippen molar-refractivity contribution in [2.45, 2.75) is 45.2 Å². The molecule has 2 amide bonds. The van der Waals surface area contributed by atoms with Crippen molar-refractivity contribution in [2.24, 2.45) is 5.73 Å². The number of hydrogen-bond donors (Lipinski definition) is 3. The molecule has 0 heterocycles. The van der Waals surface area contributed by atoms with E-state index in [1.165, 1.54) is 12.8 Å². The number of hydrogen-bond acceptors (Lipinski definition) is 3. The number of carbonyl (C=O) groups excluding carboxylic acids is 1. The van der Waals surface area contributed by atoms with Crippen LogP contribution in [0.15, 0.2) is 18.2 Å². The minimum absolute atomic E-state index is 0.149. The zero-order valence-corrected chi connectivity index (χ0v) is 11.9. The van der Waals surface area contributed by atoms with Crippen LogP contribution in [0.25, 0.3) is 0 Å². The van der Waals surface area contributed by atoms with Crippen LogP contribution in [0.5, 0.6) is 5.75 Å². The number of nitrogens with one attached hydrogen (secondary N) is 2. The first kappa shape index (κ1) is 14.7. The molecule has 5 heteroatoms. The predicted molar refractivity (Wildman–Crippen MR) is 79.9 cm³/mol. The van der Waals surface area contributed by atoms with Crippen LogP contribution < -0.4 is 21.1 Å². The fraction of sp³-hybridized carbons (Fsp3) is 0.533. The highest BCUT2D eigenvalue weighted by molar-refractivity contribution is 5.89. The van der Waals surface area contributed by atoms with Crippen molar-refractivity contribution in [3.63, 3.8) is 0 Å². The second kappa shape index (κ2) is 7.14. The lowest BCUT2D eigenvalue weighted by molar-refractivity contribution is 0.248. The topological polar surface area (TPSA) is 76.4 Å². The largest absolute Gasteiger partial charge is 0.494 e. The van der Waals surface area contributed by atoms with Gasteiger partial charge in [0.25, 0.3) is 0 Å². The number of nitrogens with two attached hydrogens (primary N) is 1. The molecule has 0 aromatic heterocycles. The van der Waals surface area contributed by atoms with Crippen molar-refractivity contribution >= 4 is 11.7 Å². The summed E-state index contributed by atoms with van der Waals surface area (Å²) in [6.07, 6.45) is 4.55. The summed E-state index contributed by atoms with van der Waals surface area (Å²) in [4.78, 5) is 11.9. The molecule has 0 radical (unpaired) electrons. The normalized spacial score (nSPS) is 15.1. The van der Waals surface area contributed by atoms with Gasteiger partial charge in [0.2, 0.25) is 0 Å². The molecule has 0 bridgehead atoms. The van der Waals surface area contributed by atoms with Crippen LogP contribution in [0.4, 0.5) is 10.5 Å². The smallest absolute Gasteiger partial charge is 0.319 e. The van der Waals surface area contributed by atoms with E-state index >= 15 is 0 Å². The van der Waals surface area contributed by atoms with Crippen LogP contribution in [-0.2, 0) is 6.54 Å². The molecule has 0 spiro atoms. The van der Waals surface area contributed by atoms with Crippen molar-refractivity contribution < 1.29 is 9.53 Å². The quantitative estimate of drug-likeness (QED) is 0.774. The zero-order chi connectivity index (χ0) is 14.4. The van der Waals surface area contributed by atoms with Crippen LogP contribution in [0.3, 0.4) is 0 Å². The number of benzene rings is 1. The van der Waals surface area contributed by atoms with Crippen molar-refractivity contribution in [1.29, 1.82) is 0 Å². The Labute approximate surface area is 119 Å². The Morgan fingerprint density at radius 2 is 2.15 bits per heavy atom. The zero-order valence-electron chi connectivity index (χ0n) is 11.9. The monoisotopic (exact) mass is 277 g/mol. The van der Waals surface area contributed by atoms with Gasteiger partial charge in [0, 0.05) is 23.8 Å². The molecule has 0 saturated heterocycles. The SMILES string of the molecule is CCOc1ccc(NC(=O)NC2CCCC2)cc1CN. The third-order valence-electron chi connectivity index (χ3n) is 3.53. The van der Waals surface area contributed by atoms with E-state index in [4.69, 9.17) is 10.5 Å². The standard InChI is InChI=1S/C15H23N3O2/c1-2-20-14-8-7-13(9-11(14)10-16)18-15(19)17-12-5-3-4-6-12/h7-9,12H,2-6,10,16H2,1H3,(H2,17,18,19). The number of rotatable bonds is 5. The lowest BCUT2D eigenvalue weighted by atomic mass is 10.1. The maximum Gasteiger partial charge on any atom is 0.319 e. The Kier molecular flexibility index (Phi) is 5.24. The minimum Gasteiger partial charge on any atom is -0.494 e. The van der Waals surface area contributed by atoms with Gasteiger partial charge >= 0.3 is 6.03 Å². The summed E-state index contributed by atoms with van der Waals surface area (Å²) in [6, 6.07) is 5.70. The fourth-order valence-corrected chi connectivity index (χ4v) is 2.54. The molecule has 20 heavy (non-hydrogen) atoms. The summed E-state index contributed by atoms with van der Waals surface area (Å²) < 4.78 is 5.49. The molecule has 110 valence electrons. The van der Waals surface area contributed by atoms with Gasteiger partial charge in [0.1, 0.15) is 5.75 Å². The van der Waals surface area contributed by atoms with Gasteiger partial charge in [0.15, 0.2) is 0 Å². The fourth-order valence-electron chi connectivity index (χ4n) is 2.54. The molecule has 0 aliphatic heterocycles. The van der Waals surface area contributed by atoms with Crippen molar-refractivity contribution in [3.05, 3.63) is 23.8 Å². The summed E-state index contributed by atoms with van der Waals surface area (Å²) in [5.41, 5.74) is 7.34. The maximum absolute atomic E-state index is 11.9. The van der Waals surface area contributed by atoms with Crippen LogP contribution in [0.2, 0.25) is 0 Å². The first-order valence-electron chi connectivity index (χ1n) is 7.26. The average molecular weight is 277 g/mol. The summed E-state index contributed by atoms with van der Waals surface area (Å²) in [5, 5.41) is 5.84. The number of amides is 2. The highest BCUT2D eigenvalue weighted by Crippen LogP contribution is 2.23. The van der Waals surface area contributed by atoms with E-state index in [1.54, 1.807) is 0 Å². The van der Waals surface area contributed by atoms with Gasteiger partial charge in [-0.3, -0.25) is 0 Å². The molecule has 1 fully saturated rings. The second-order valence-electron chi connectivity index (χ2n) is 5.04. The lowest BCUT2D eigenvalue weighted by Gasteiger charge is -2.14. The molecule has 1 aliphatic carbocycles. The summed E-state index contributed by atoms with van der Waals surface area (Å²) >= 11 is 0. The maximum atomic E-state index is 11.9. The molecule has 4 N–H and O–H groups in total. The molecular weight excluding hydrogens is 254 g/mol. The molecule has 1 aromatic carbocycles. The van der Waals surface area contributed by atoms with Crippen molar-refractivity contribution in [3.8, 4) is 5.75 Å². The van der Waals surface area contributed by atoms with Gasteiger partial charge in [-0.1, -0.05) is 12.8 Å². The van der Waals surface area contributed by atoms with E-state index in [1.807, 2.05) is 25.1 Å². The Balaban J connectivity index is 1.96. The van der Waals surface area contributed by atoms with Crippen molar-refractivity contribution in [2.75, 3.05) is 11.9 Å². The second-order valence-corrected chi connectivity index (χ2v) is 5.04. The van der Waals surface area contributed by atoms with Gasteiger partial charge < -0.3 is 21.1 Å². The Bertz CT molecular complexity index is 456. The molecule has 0 atom stereocenters. The number of anilines is 1. The lowest BCUT2D eigenvalue weighted by Crippen LogP contribution is -2.36. The Hall–Kier alpha value is -1.75. The third kappa shape index (κ3) is 3.87. The van der Waals surface area contributed by atoms with Crippen LogP contribution in [0.1, 0.15) is 38.2 Å². The molecular formula is C15H23N3O2. The first-order chi connectivity index (χ1) is 9.72. The predicted octanol–water partition coefficient (Wildman–Crippen LogP) is 2.61. The number of urea groups is 1. The van der Waals surface area contributed by atoms with Crippen LogP contribution >= 0.6 is 0 Å². The van der Waals surface area contributed by atoms with Crippen LogP contribution in [0, 0.1) is 0 Å². The van der Waals surface area contributed by atoms with E-state index in [0.717, 1.165) is 29.8 Å². The van der Waals surface area contributed by atoms with Crippen LogP contribution in [-0.4, -0.2) is 18.7 Å². The Morgan fingerprint density at radius 1 is 1.40 bits per heavy atom. The van der Waals surface area contributed by atoms with E-state index in [0.29, 0.717) is 19.2 Å². The van der Waals surface area contributed by atoms with Gasteiger partial charge in [-0.2, -0.15) is 0 Å². The van der Waals surface area contributed by atoms with Gasteiger partial charge in [-0.15, -0.1) is 0 Å². The van der Waals surface area contributed by atoms with E-state index in [2.05, 4.69) is 10.6 Å². The van der Waals surface area contributed by atoms with Gasteiger partial charge in [0.05, 0.1) is 6.61 Å². The molecule has 2 rings (SSSR count). The Morgan fingerprint density at radius 3 is 2.80 bits per heavy atom. The molecule has 1 aromatic rings. The number of ether oxygens (including phenoxy) is 1. The minimum atomic E-state index is -0.149. The molecule has 1 aliphatic rings. The summed E-state index contributed by atoms with van der Waals surface area (Å²) in [6.45, 7) is 2.92. The first-order valence-corrected chi connectivity index (χ1v) is 7.26. The third-order valence-corrected chi connectivity index (χ3v) is 3.53. The summed E-state index contributed by atoms with van der Waals surface area (Å²) in [7, 11) is 0. The average Bonchev–Trinajstić information content (AvgIpc) is 2.93. The van der Waals surface area contributed by atoms with Gasteiger partial charge in [-0.25, -0.2) is 4.79 Å². The molecule has 5 nitrogen and oxygen atoms in total. The number of carbonyl (C=O) groups is 1. The van der Waals surface area contributed by atoms with E-state index < -0.39 is 0 Å². The summed E-state index contributed by atoms with van der Waals surface area (Å²) in [5.74, 6) is 0.775. The van der Waals surface area contributed by atoms with E-state index in [-0.39, 0.29) is 6.03 Å². The molecule has 0 unspecified atom stereocenters. The van der Waals surface area contributed by atoms with Gasteiger partial charge in [-0.05, 0) is 38.0 Å². The van der Waals surface area contributed by atoms with E-state index in [9.17, 15) is 4.79 Å². The highest BCUT2D eigenvalue weighted by Gasteiger charge is 2.17.